The van der Waals surface area contributed by atoms with Gasteiger partial charge in [-0.05, 0) is 51.5 Å². The van der Waals surface area contributed by atoms with Crippen molar-refractivity contribution < 1.29 is 4.74 Å². The Hall–Kier alpha value is -0.870. The van der Waals surface area contributed by atoms with Gasteiger partial charge in [0.15, 0.2) is 0 Å². The van der Waals surface area contributed by atoms with E-state index in [0.717, 1.165) is 31.7 Å². The Kier molecular flexibility index (Phi) is 3.87. The lowest BCUT2D eigenvalue weighted by atomic mass is 9.80. The van der Waals surface area contributed by atoms with E-state index < -0.39 is 0 Å². The molecule has 2 N–H and O–H groups in total. The zero-order valence-corrected chi connectivity index (χ0v) is 12.8. The van der Waals surface area contributed by atoms with Crippen LogP contribution >= 0.6 is 0 Å². The van der Waals surface area contributed by atoms with E-state index in [2.05, 4.69) is 22.8 Å². The minimum Gasteiger partial charge on any atom is -0.375 e. The minimum absolute atomic E-state index is 0.0949. The molecule has 112 valence electrons. The summed E-state index contributed by atoms with van der Waals surface area (Å²) in [6, 6.07) is 2.25. The second-order valence-corrected chi connectivity index (χ2v) is 6.54. The fourth-order valence-electron chi connectivity index (χ4n) is 4.07. The first-order chi connectivity index (χ1) is 9.63. The molecule has 1 aliphatic carbocycles. The highest BCUT2D eigenvalue weighted by Gasteiger charge is 2.42. The Morgan fingerprint density at radius 3 is 2.95 bits per heavy atom. The smallest absolute Gasteiger partial charge is 0.0686 e. The summed E-state index contributed by atoms with van der Waals surface area (Å²) < 4.78 is 8.19. The molecule has 1 aromatic heterocycles. The van der Waals surface area contributed by atoms with Crippen LogP contribution in [0.25, 0.3) is 0 Å². The number of hydrogen-bond acceptors (Lipinski definition) is 3. The number of aromatic nitrogens is 2. The Labute approximate surface area is 121 Å². The molecule has 2 heterocycles. The molecule has 3 rings (SSSR count). The predicted octanol–water partition coefficient (Wildman–Crippen LogP) is 2.95. The van der Waals surface area contributed by atoms with Gasteiger partial charge in [0, 0.05) is 19.2 Å². The third-order valence-electron chi connectivity index (χ3n) is 5.13. The molecule has 0 bridgehead atoms. The lowest BCUT2D eigenvalue weighted by molar-refractivity contribution is -0.0967. The Balaban J connectivity index is 1.77. The van der Waals surface area contributed by atoms with Gasteiger partial charge in [-0.2, -0.15) is 5.10 Å². The summed E-state index contributed by atoms with van der Waals surface area (Å²) in [5, 5.41) is 4.54. The van der Waals surface area contributed by atoms with Crippen LogP contribution in [0.5, 0.6) is 0 Å². The number of hydrogen-bond donors (Lipinski definition) is 1. The Morgan fingerprint density at radius 1 is 1.50 bits per heavy atom. The first-order valence-corrected chi connectivity index (χ1v) is 8.07. The Bertz CT molecular complexity index is 462. The van der Waals surface area contributed by atoms with Crippen molar-refractivity contribution in [3.05, 3.63) is 17.5 Å². The van der Waals surface area contributed by atoms with Crippen molar-refractivity contribution in [1.82, 2.24) is 9.78 Å². The summed E-state index contributed by atoms with van der Waals surface area (Å²) in [7, 11) is 0. The standard InChI is InChI=1S/C16H27N3O/c1-3-19-14(10-12(2)18-19)15(17)13-6-9-20-16(11-13)7-4-5-8-16/h10,13,15H,3-9,11,17H2,1-2H3. The summed E-state index contributed by atoms with van der Waals surface area (Å²) in [6.45, 7) is 5.94. The maximum absolute atomic E-state index is 6.59. The maximum Gasteiger partial charge on any atom is 0.0686 e. The summed E-state index contributed by atoms with van der Waals surface area (Å²) in [5.74, 6) is 0.531. The van der Waals surface area contributed by atoms with E-state index in [9.17, 15) is 0 Å². The van der Waals surface area contributed by atoms with Gasteiger partial charge in [0.1, 0.15) is 0 Å². The molecule has 1 aromatic rings. The van der Waals surface area contributed by atoms with Gasteiger partial charge in [0.25, 0.3) is 0 Å². The van der Waals surface area contributed by atoms with Crippen molar-refractivity contribution in [2.24, 2.45) is 11.7 Å². The van der Waals surface area contributed by atoms with Crippen LogP contribution in [0, 0.1) is 12.8 Å². The van der Waals surface area contributed by atoms with Crippen molar-refractivity contribution in [3.8, 4) is 0 Å². The maximum atomic E-state index is 6.59. The molecule has 1 saturated carbocycles. The quantitative estimate of drug-likeness (QED) is 0.924. The first kappa shape index (κ1) is 14.1. The monoisotopic (exact) mass is 277 g/mol. The summed E-state index contributed by atoms with van der Waals surface area (Å²) in [5.41, 5.74) is 9.01. The molecule has 0 aromatic carbocycles. The first-order valence-electron chi connectivity index (χ1n) is 8.07. The molecule has 1 saturated heterocycles. The van der Waals surface area contributed by atoms with E-state index in [1.54, 1.807) is 0 Å². The highest BCUT2D eigenvalue weighted by atomic mass is 16.5. The second kappa shape index (κ2) is 5.49. The van der Waals surface area contributed by atoms with Gasteiger partial charge in [-0.15, -0.1) is 0 Å². The molecular weight excluding hydrogens is 250 g/mol. The fraction of sp³-hybridized carbons (Fsp3) is 0.812. The zero-order valence-electron chi connectivity index (χ0n) is 12.8. The molecule has 2 atom stereocenters. The van der Waals surface area contributed by atoms with Gasteiger partial charge >= 0.3 is 0 Å². The van der Waals surface area contributed by atoms with E-state index in [4.69, 9.17) is 10.5 Å². The molecule has 20 heavy (non-hydrogen) atoms. The normalized spacial score (nSPS) is 27.1. The van der Waals surface area contributed by atoms with E-state index in [1.807, 2.05) is 6.92 Å². The minimum atomic E-state index is 0.0949. The van der Waals surface area contributed by atoms with Crippen molar-refractivity contribution in [1.29, 1.82) is 0 Å². The summed E-state index contributed by atoms with van der Waals surface area (Å²) >= 11 is 0. The molecule has 1 aliphatic heterocycles. The van der Waals surface area contributed by atoms with Crippen molar-refractivity contribution in [2.75, 3.05) is 6.61 Å². The lowest BCUT2D eigenvalue weighted by Gasteiger charge is -2.40. The van der Waals surface area contributed by atoms with Crippen LogP contribution < -0.4 is 5.73 Å². The third-order valence-corrected chi connectivity index (χ3v) is 5.13. The van der Waals surface area contributed by atoms with Crippen LogP contribution in [0.3, 0.4) is 0 Å². The van der Waals surface area contributed by atoms with Gasteiger partial charge < -0.3 is 10.5 Å². The van der Waals surface area contributed by atoms with Gasteiger partial charge in [-0.3, -0.25) is 4.68 Å². The number of aryl methyl sites for hydroxylation is 2. The second-order valence-electron chi connectivity index (χ2n) is 6.54. The highest BCUT2D eigenvalue weighted by Crippen LogP contribution is 2.44. The van der Waals surface area contributed by atoms with Gasteiger partial charge in [-0.1, -0.05) is 12.8 Å². The van der Waals surface area contributed by atoms with Crippen LogP contribution in [-0.2, 0) is 11.3 Å². The highest BCUT2D eigenvalue weighted by molar-refractivity contribution is 5.14. The number of rotatable bonds is 3. The number of nitrogens with zero attached hydrogens (tertiary/aromatic N) is 2. The van der Waals surface area contributed by atoms with Crippen LogP contribution in [0.4, 0.5) is 0 Å². The number of ether oxygens (including phenoxy) is 1. The van der Waals surface area contributed by atoms with Gasteiger partial charge in [0.05, 0.1) is 17.0 Å². The van der Waals surface area contributed by atoms with Crippen molar-refractivity contribution >= 4 is 0 Å². The molecule has 0 amide bonds. The van der Waals surface area contributed by atoms with Gasteiger partial charge in [-0.25, -0.2) is 0 Å². The summed E-state index contributed by atoms with van der Waals surface area (Å²) in [4.78, 5) is 0. The SMILES string of the molecule is CCn1nc(C)cc1C(N)C1CCOC2(CCCC2)C1. The van der Waals surface area contributed by atoms with Crippen LogP contribution in [0.2, 0.25) is 0 Å². The topological polar surface area (TPSA) is 53.1 Å². The van der Waals surface area contributed by atoms with Crippen molar-refractivity contribution in [3.63, 3.8) is 0 Å². The van der Waals surface area contributed by atoms with Crippen LogP contribution in [0.15, 0.2) is 6.07 Å². The van der Waals surface area contributed by atoms with E-state index in [1.165, 1.54) is 31.4 Å². The largest absolute Gasteiger partial charge is 0.375 e. The van der Waals surface area contributed by atoms with Crippen LogP contribution in [-0.4, -0.2) is 22.0 Å². The predicted molar refractivity (Wildman–Crippen MR) is 79.4 cm³/mol. The van der Waals surface area contributed by atoms with E-state index in [-0.39, 0.29) is 11.6 Å². The molecule has 4 heteroatoms. The van der Waals surface area contributed by atoms with E-state index >= 15 is 0 Å². The van der Waals surface area contributed by atoms with Crippen LogP contribution in [0.1, 0.15) is 62.9 Å². The average Bonchev–Trinajstić information content (AvgIpc) is 3.05. The fourth-order valence-corrected chi connectivity index (χ4v) is 4.07. The molecule has 2 unspecified atom stereocenters. The van der Waals surface area contributed by atoms with E-state index in [0.29, 0.717) is 5.92 Å². The molecule has 2 aliphatic rings. The lowest BCUT2D eigenvalue weighted by Crippen LogP contribution is -2.41. The molecule has 4 nitrogen and oxygen atoms in total. The molecule has 1 spiro atoms. The molecular formula is C16H27N3O. The molecule has 2 fully saturated rings. The van der Waals surface area contributed by atoms with Crippen molar-refractivity contribution in [2.45, 2.75) is 70.6 Å². The van der Waals surface area contributed by atoms with Gasteiger partial charge in [0.2, 0.25) is 0 Å². The summed E-state index contributed by atoms with van der Waals surface area (Å²) in [6.07, 6.45) is 7.28. The average molecular weight is 277 g/mol. The zero-order chi connectivity index (χ0) is 14.2. The third kappa shape index (κ3) is 2.51. The number of nitrogens with two attached hydrogens (primary N) is 1. The molecule has 0 radical (unpaired) electrons. The Morgan fingerprint density at radius 2 is 2.25 bits per heavy atom.